The summed E-state index contributed by atoms with van der Waals surface area (Å²) in [6, 6.07) is 0. The first-order chi connectivity index (χ1) is 8.59. The van der Waals surface area contributed by atoms with Gasteiger partial charge in [0.05, 0.1) is 0 Å². The quantitative estimate of drug-likeness (QED) is 0.522. The SMILES string of the molecule is CCC1(C)CCCCC(C)C(C)(C(C)C)CC1(C)C. The van der Waals surface area contributed by atoms with Gasteiger partial charge in [0, 0.05) is 0 Å². The normalized spacial score (nSPS) is 40.6. The van der Waals surface area contributed by atoms with Gasteiger partial charge in [-0.25, -0.2) is 0 Å². The fourth-order valence-electron chi connectivity index (χ4n) is 4.40. The predicted octanol–water partition coefficient (Wildman–Crippen LogP) is 6.69. The summed E-state index contributed by atoms with van der Waals surface area (Å²) in [7, 11) is 0. The molecule has 1 fully saturated rings. The van der Waals surface area contributed by atoms with Crippen molar-refractivity contribution in [3.63, 3.8) is 0 Å². The van der Waals surface area contributed by atoms with Gasteiger partial charge in [0.2, 0.25) is 0 Å². The van der Waals surface area contributed by atoms with Crippen molar-refractivity contribution in [1.29, 1.82) is 0 Å². The maximum atomic E-state index is 2.56. The van der Waals surface area contributed by atoms with Crippen LogP contribution in [0.5, 0.6) is 0 Å². The minimum atomic E-state index is 0.444. The van der Waals surface area contributed by atoms with E-state index in [1.54, 1.807) is 0 Å². The standard InChI is InChI=1S/C19H38/c1-9-18(7)13-11-10-12-16(4)19(8,15(2)3)14-17(18,5)6/h15-16H,9-14H2,1-8H3. The van der Waals surface area contributed by atoms with Gasteiger partial charge in [-0.2, -0.15) is 0 Å². The molecule has 0 N–H and O–H groups in total. The van der Waals surface area contributed by atoms with Crippen LogP contribution in [0.1, 0.15) is 93.9 Å². The zero-order valence-corrected chi connectivity index (χ0v) is 14.9. The number of hydrogen-bond acceptors (Lipinski definition) is 0. The number of hydrogen-bond donors (Lipinski definition) is 0. The molecule has 0 bridgehead atoms. The third kappa shape index (κ3) is 3.19. The first-order valence-corrected chi connectivity index (χ1v) is 8.59. The van der Waals surface area contributed by atoms with Crippen LogP contribution in [0.2, 0.25) is 0 Å². The molecule has 0 radical (unpaired) electrons. The Balaban J connectivity index is 3.15. The van der Waals surface area contributed by atoms with Gasteiger partial charge in [-0.3, -0.25) is 0 Å². The van der Waals surface area contributed by atoms with E-state index in [1.807, 2.05) is 0 Å². The second-order valence-corrected chi connectivity index (χ2v) is 8.78. The lowest BCUT2D eigenvalue weighted by Gasteiger charge is -2.51. The van der Waals surface area contributed by atoms with E-state index in [0.717, 1.165) is 11.8 Å². The van der Waals surface area contributed by atoms with E-state index in [9.17, 15) is 0 Å². The van der Waals surface area contributed by atoms with Gasteiger partial charge in [-0.1, -0.05) is 81.1 Å². The second kappa shape index (κ2) is 5.78. The third-order valence-corrected chi connectivity index (χ3v) is 7.30. The van der Waals surface area contributed by atoms with Gasteiger partial charge in [0.25, 0.3) is 0 Å². The predicted molar refractivity (Wildman–Crippen MR) is 87.4 cm³/mol. The Labute approximate surface area is 122 Å². The zero-order chi connectivity index (χ0) is 14.9. The third-order valence-electron chi connectivity index (χ3n) is 7.30. The summed E-state index contributed by atoms with van der Waals surface area (Å²) in [4.78, 5) is 0. The van der Waals surface area contributed by atoms with Crippen LogP contribution in [0.25, 0.3) is 0 Å². The maximum Gasteiger partial charge on any atom is -0.0272 e. The van der Waals surface area contributed by atoms with Crippen LogP contribution in [-0.2, 0) is 0 Å². The van der Waals surface area contributed by atoms with Crippen molar-refractivity contribution < 1.29 is 0 Å². The fraction of sp³-hybridized carbons (Fsp3) is 1.00. The number of rotatable bonds is 2. The molecule has 1 aliphatic rings. The van der Waals surface area contributed by atoms with Crippen LogP contribution in [0.3, 0.4) is 0 Å². The monoisotopic (exact) mass is 266 g/mol. The Hall–Kier alpha value is 0. The van der Waals surface area contributed by atoms with Gasteiger partial charge in [0.1, 0.15) is 0 Å². The van der Waals surface area contributed by atoms with Crippen LogP contribution in [0.15, 0.2) is 0 Å². The summed E-state index contributed by atoms with van der Waals surface area (Å²) in [5.41, 5.74) is 1.44. The average molecular weight is 267 g/mol. The van der Waals surface area contributed by atoms with Crippen molar-refractivity contribution in [3.05, 3.63) is 0 Å². The van der Waals surface area contributed by atoms with Gasteiger partial charge in [-0.15, -0.1) is 0 Å². The summed E-state index contributed by atoms with van der Waals surface area (Å²) in [5, 5.41) is 0. The van der Waals surface area contributed by atoms with E-state index in [-0.39, 0.29) is 0 Å². The molecule has 0 heteroatoms. The van der Waals surface area contributed by atoms with Crippen molar-refractivity contribution in [2.75, 3.05) is 0 Å². The van der Waals surface area contributed by atoms with Crippen molar-refractivity contribution in [2.24, 2.45) is 28.1 Å². The summed E-state index contributed by atoms with van der Waals surface area (Å²) < 4.78 is 0. The molecule has 0 aromatic carbocycles. The molecule has 1 rings (SSSR count). The average Bonchev–Trinajstić information content (AvgIpc) is 2.34. The molecule has 3 unspecified atom stereocenters. The lowest BCUT2D eigenvalue weighted by molar-refractivity contribution is -0.0140. The second-order valence-electron chi connectivity index (χ2n) is 8.78. The summed E-state index contributed by atoms with van der Waals surface area (Å²) >= 11 is 0. The van der Waals surface area contributed by atoms with Crippen LogP contribution in [0.4, 0.5) is 0 Å². The molecule has 3 atom stereocenters. The van der Waals surface area contributed by atoms with E-state index in [1.165, 1.54) is 38.5 Å². The summed E-state index contributed by atoms with van der Waals surface area (Å²) in [6.07, 6.45) is 8.38. The van der Waals surface area contributed by atoms with Gasteiger partial charge >= 0.3 is 0 Å². The zero-order valence-electron chi connectivity index (χ0n) is 14.9. The first kappa shape index (κ1) is 17.1. The molecular formula is C19H38. The largest absolute Gasteiger partial charge is 0.0648 e. The fourth-order valence-corrected chi connectivity index (χ4v) is 4.40. The lowest BCUT2D eigenvalue weighted by atomic mass is 9.54. The van der Waals surface area contributed by atoms with Crippen LogP contribution >= 0.6 is 0 Å². The smallest absolute Gasteiger partial charge is 0.0272 e. The molecule has 0 heterocycles. The molecule has 0 saturated heterocycles. The Kier molecular flexibility index (Phi) is 5.19. The molecule has 0 aromatic rings. The van der Waals surface area contributed by atoms with Gasteiger partial charge in [0.15, 0.2) is 0 Å². The highest BCUT2D eigenvalue weighted by molar-refractivity contribution is 4.96. The molecule has 0 spiro atoms. The minimum absolute atomic E-state index is 0.444. The first-order valence-electron chi connectivity index (χ1n) is 8.59. The molecule has 0 amide bonds. The Morgan fingerprint density at radius 2 is 1.63 bits per heavy atom. The molecule has 1 aliphatic carbocycles. The lowest BCUT2D eigenvalue weighted by Crippen LogP contribution is -2.42. The van der Waals surface area contributed by atoms with Crippen LogP contribution in [0, 0.1) is 28.1 Å². The van der Waals surface area contributed by atoms with Crippen LogP contribution < -0.4 is 0 Å². The summed E-state index contributed by atoms with van der Waals surface area (Å²) in [6.45, 7) is 20.0. The van der Waals surface area contributed by atoms with E-state index in [0.29, 0.717) is 16.2 Å². The van der Waals surface area contributed by atoms with Crippen LogP contribution in [-0.4, -0.2) is 0 Å². The highest BCUT2D eigenvalue weighted by atomic mass is 14.5. The van der Waals surface area contributed by atoms with E-state index < -0.39 is 0 Å². The molecule has 0 nitrogen and oxygen atoms in total. The Bertz CT molecular complexity index is 288. The van der Waals surface area contributed by atoms with Gasteiger partial charge in [-0.05, 0) is 40.9 Å². The van der Waals surface area contributed by atoms with Crippen molar-refractivity contribution in [3.8, 4) is 0 Å². The van der Waals surface area contributed by atoms with Crippen molar-refractivity contribution >= 4 is 0 Å². The van der Waals surface area contributed by atoms with E-state index >= 15 is 0 Å². The molecule has 0 aliphatic heterocycles. The van der Waals surface area contributed by atoms with E-state index in [2.05, 4.69) is 55.4 Å². The topological polar surface area (TPSA) is 0 Å². The van der Waals surface area contributed by atoms with Gasteiger partial charge < -0.3 is 0 Å². The Morgan fingerprint density at radius 3 is 2.11 bits per heavy atom. The van der Waals surface area contributed by atoms with Crippen molar-refractivity contribution in [1.82, 2.24) is 0 Å². The molecular weight excluding hydrogens is 228 g/mol. The summed E-state index contributed by atoms with van der Waals surface area (Å²) in [5.74, 6) is 1.63. The molecule has 19 heavy (non-hydrogen) atoms. The minimum Gasteiger partial charge on any atom is -0.0648 e. The highest BCUT2D eigenvalue weighted by Gasteiger charge is 2.47. The molecule has 0 aromatic heterocycles. The molecule has 114 valence electrons. The van der Waals surface area contributed by atoms with E-state index in [4.69, 9.17) is 0 Å². The van der Waals surface area contributed by atoms with Crippen molar-refractivity contribution in [2.45, 2.75) is 93.9 Å². The highest BCUT2D eigenvalue weighted by Crippen LogP contribution is 2.56. The molecule has 1 saturated carbocycles. The Morgan fingerprint density at radius 1 is 1.05 bits per heavy atom. The maximum absolute atomic E-state index is 2.56.